The molecule has 0 aromatic heterocycles. The van der Waals surface area contributed by atoms with E-state index in [1.807, 2.05) is 0 Å². The van der Waals surface area contributed by atoms with Crippen LogP contribution in [0.15, 0.2) is 96.1 Å². The summed E-state index contributed by atoms with van der Waals surface area (Å²) < 4.78 is 0.194. The van der Waals surface area contributed by atoms with Crippen molar-refractivity contribution in [3.05, 3.63) is 129 Å². The predicted octanol–water partition coefficient (Wildman–Crippen LogP) is 11.9. The predicted molar refractivity (Wildman–Crippen MR) is 186 cm³/mol. The third-order valence-electron chi connectivity index (χ3n) is 9.98. The van der Waals surface area contributed by atoms with Crippen LogP contribution in [0, 0.1) is 19.8 Å². The molecule has 4 aromatic rings. The standard InChI is InChI=1S/C19H19.C17H15.C2H7Si.2ClH.Zr/c1-13(2)16-11-15-8-6-10-18(19(15)12-16)17-9-5-4-7-14(17)3;1-12-8-15-9-13(2)11-17(15)16(10-12)14-6-4-3-5-7-14;1-3-2;;;/h4-13H,1-3H3;3-11H,1-2H3;3H,1-2H3;2*1H;/q;;;;;+2/p-2. The third-order valence-corrected chi connectivity index (χ3v) is 61.9. The fraction of sp³-hybridized carbons (Fsp3) is 0.263. The molecule has 0 radical (unpaired) electrons. The number of hydrogen-bond donors (Lipinski definition) is 0. The third kappa shape index (κ3) is 4.56. The zero-order chi connectivity index (χ0) is 30.0. The van der Waals surface area contributed by atoms with Gasteiger partial charge in [0.2, 0.25) is 0 Å². The van der Waals surface area contributed by atoms with Gasteiger partial charge in [0.05, 0.1) is 0 Å². The van der Waals surface area contributed by atoms with Gasteiger partial charge in [0.1, 0.15) is 0 Å². The Labute approximate surface area is 261 Å². The molecule has 2 unspecified atom stereocenters. The second kappa shape index (κ2) is 10.9. The molecule has 0 heterocycles. The Bertz CT molecular complexity index is 1760. The number of aryl methyl sites for hydroxylation is 2. The van der Waals surface area contributed by atoms with Crippen molar-refractivity contribution in [3.63, 3.8) is 0 Å². The first kappa shape index (κ1) is 30.1. The van der Waals surface area contributed by atoms with Gasteiger partial charge in [-0.15, -0.1) is 0 Å². The van der Waals surface area contributed by atoms with E-state index in [1.54, 1.807) is 0 Å². The molecule has 215 valence electrons. The Hall–Kier alpha value is -1.96. The van der Waals surface area contributed by atoms with Crippen LogP contribution >= 0.6 is 17.0 Å². The summed E-state index contributed by atoms with van der Waals surface area (Å²) in [5, 5.41) is 0. The monoisotopic (exact) mass is 685 g/mol. The Morgan fingerprint density at radius 3 is 1.98 bits per heavy atom. The van der Waals surface area contributed by atoms with Crippen molar-refractivity contribution in [1.82, 2.24) is 0 Å². The van der Waals surface area contributed by atoms with E-state index in [2.05, 4.69) is 145 Å². The maximum absolute atomic E-state index is 8.57. The number of hydrogen-bond acceptors (Lipinski definition) is 0. The molecule has 2 aliphatic carbocycles. The van der Waals surface area contributed by atoms with Gasteiger partial charge in [-0.1, -0.05) is 0 Å². The van der Waals surface area contributed by atoms with E-state index < -0.39 is 21.5 Å². The van der Waals surface area contributed by atoms with Gasteiger partial charge in [0.15, 0.2) is 0 Å². The Morgan fingerprint density at radius 2 is 1.31 bits per heavy atom. The van der Waals surface area contributed by atoms with Crippen LogP contribution in [0.3, 0.4) is 0 Å². The zero-order valence-electron chi connectivity index (χ0n) is 25.8. The zero-order valence-corrected chi connectivity index (χ0v) is 30.9. The van der Waals surface area contributed by atoms with Crippen molar-refractivity contribution in [2.45, 2.75) is 55.0 Å². The number of rotatable bonds is 6. The van der Waals surface area contributed by atoms with Crippen LogP contribution < -0.4 is 0 Å². The van der Waals surface area contributed by atoms with Crippen LogP contribution in [0.1, 0.15) is 61.4 Å². The van der Waals surface area contributed by atoms with Crippen molar-refractivity contribution in [1.29, 1.82) is 0 Å². The number of allylic oxidation sites excluding steroid dienone is 2. The molecule has 0 N–H and O–H groups in total. The minimum absolute atomic E-state index is 0.0963. The van der Waals surface area contributed by atoms with Crippen molar-refractivity contribution in [2.75, 3.05) is 0 Å². The normalized spacial score (nSPS) is 18.9. The van der Waals surface area contributed by atoms with Crippen LogP contribution in [0.4, 0.5) is 0 Å². The average Bonchev–Trinajstić information content (AvgIpc) is 3.52. The summed E-state index contributed by atoms with van der Waals surface area (Å²) in [5.41, 5.74) is 15.8. The summed E-state index contributed by atoms with van der Waals surface area (Å²) in [6, 6.07) is 31.1. The minimum atomic E-state index is -4.77. The Kier molecular flexibility index (Phi) is 7.80. The van der Waals surface area contributed by atoms with E-state index in [0.717, 1.165) is 0 Å². The molecule has 0 saturated carbocycles. The van der Waals surface area contributed by atoms with E-state index in [9.17, 15) is 0 Å². The number of fused-ring (bicyclic) bond motifs is 2. The summed E-state index contributed by atoms with van der Waals surface area (Å²) in [4.78, 5) is 0. The van der Waals surface area contributed by atoms with Gasteiger partial charge in [-0.05, 0) is 0 Å². The van der Waals surface area contributed by atoms with Gasteiger partial charge in [0, 0.05) is 0 Å². The summed E-state index contributed by atoms with van der Waals surface area (Å²) in [7, 11) is 17.1. The summed E-state index contributed by atoms with van der Waals surface area (Å²) in [6.07, 6.45) is 4.89. The summed E-state index contributed by atoms with van der Waals surface area (Å²) >= 11 is -4.77. The molecule has 0 bridgehead atoms. The molecule has 4 heteroatoms. The van der Waals surface area contributed by atoms with Crippen molar-refractivity contribution in [3.8, 4) is 22.3 Å². The van der Waals surface area contributed by atoms with Gasteiger partial charge in [-0.2, -0.15) is 0 Å². The van der Waals surface area contributed by atoms with Crippen LogP contribution in [-0.4, -0.2) is 5.92 Å². The maximum atomic E-state index is 8.57. The number of halogens is 2. The molecule has 42 heavy (non-hydrogen) atoms. The molecule has 2 aliphatic rings. The molecule has 4 aromatic carbocycles. The summed E-state index contributed by atoms with van der Waals surface area (Å²) in [5.74, 6) is -1.25. The van der Waals surface area contributed by atoms with Gasteiger partial charge in [0.25, 0.3) is 0 Å². The molecule has 0 saturated heterocycles. The second-order valence-corrected chi connectivity index (χ2v) is 55.7. The molecule has 0 spiro atoms. The molecular weight excluding hydrogens is 647 g/mol. The van der Waals surface area contributed by atoms with Gasteiger partial charge >= 0.3 is 263 Å². The molecule has 0 nitrogen and oxygen atoms in total. The van der Waals surface area contributed by atoms with Gasteiger partial charge in [-0.3, -0.25) is 0 Å². The van der Waals surface area contributed by atoms with E-state index in [-0.39, 0.29) is 7.25 Å². The fourth-order valence-corrected chi connectivity index (χ4v) is 40.0. The fourth-order valence-electron chi connectivity index (χ4n) is 7.85. The van der Waals surface area contributed by atoms with E-state index in [1.165, 1.54) is 66.8 Å². The van der Waals surface area contributed by atoms with Crippen molar-refractivity contribution < 1.29 is 15.6 Å². The first-order chi connectivity index (χ1) is 19.9. The topological polar surface area (TPSA) is 0 Å². The quantitative estimate of drug-likeness (QED) is 0.177. The van der Waals surface area contributed by atoms with Crippen LogP contribution in [-0.2, 0) is 15.6 Å². The van der Waals surface area contributed by atoms with E-state index >= 15 is 0 Å². The number of benzene rings is 4. The first-order valence-electron chi connectivity index (χ1n) is 15.3. The van der Waals surface area contributed by atoms with Crippen LogP contribution in [0.2, 0.25) is 13.1 Å². The molecular formula is C38H41Cl2SiZr. The molecule has 0 fully saturated rings. The molecule has 0 amide bonds. The Morgan fingerprint density at radius 1 is 0.667 bits per heavy atom. The average molecular weight is 688 g/mol. The SMILES string of the molecule is CC1=Cc2c(-c3ccccc3)cc(C)cc2[CH]1[Zr]([Cl])([Cl])([CH]1C(C(C)C)=Cc2c(-c3ccccc3C)cccc21)[SiH](C)C. The summed E-state index contributed by atoms with van der Waals surface area (Å²) in [6.45, 7) is 16.2. The van der Waals surface area contributed by atoms with E-state index in [0.29, 0.717) is 5.92 Å². The molecule has 0 aliphatic heterocycles. The van der Waals surface area contributed by atoms with E-state index in [4.69, 9.17) is 17.0 Å². The van der Waals surface area contributed by atoms with Gasteiger partial charge in [-0.25, -0.2) is 0 Å². The van der Waals surface area contributed by atoms with Crippen LogP contribution in [0.5, 0.6) is 0 Å². The van der Waals surface area contributed by atoms with Crippen LogP contribution in [0.25, 0.3) is 34.4 Å². The molecule has 2 atom stereocenters. The Balaban J connectivity index is 1.62. The first-order valence-corrected chi connectivity index (χ1v) is 31.6. The van der Waals surface area contributed by atoms with Crippen molar-refractivity contribution >= 4 is 35.1 Å². The molecule has 6 rings (SSSR count). The van der Waals surface area contributed by atoms with Gasteiger partial charge < -0.3 is 0 Å². The second-order valence-electron chi connectivity index (χ2n) is 13.2. The van der Waals surface area contributed by atoms with Crippen molar-refractivity contribution in [2.24, 2.45) is 5.92 Å².